The van der Waals surface area contributed by atoms with Gasteiger partial charge in [-0.2, -0.15) is 4.99 Å². The third kappa shape index (κ3) is 2.39. The molecule has 1 aliphatic carbocycles. The standard InChI is InChI=1S/C14H17BrFN5/c15-9-5-4-6-10(11(9)16)21-13(18)19-12(17)20-14(21)7-2-1-3-8-14/h4-6H,1-3,7-8H2,(H4,17,18,19,20). The number of guanidine groups is 2. The largest absolute Gasteiger partial charge is 0.369 e. The molecular weight excluding hydrogens is 337 g/mol. The third-order valence-corrected chi connectivity index (χ3v) is 4.64. The molecule has 5 nitrogen and oxygen atoms in total. The summed E-state index contributed by atoms with van der Waals surface area (Å²) in [5.74, 6) is -0.00118. The molecule has 0 radical (unpaired) electrons. The molecule has 0 unspecified atom stereocenters. The fourth-order valence-electron chi connectivity index (χ4n) is 3.13. The average molecular weight is 354 g/mol. The van der Waals surface area contributed by atoms with Gasteiger partial charge < -0.3 is 11.5 Å². The topological polar surface area (TPSA) is 80.0 Å². The van der Waals surface area contributed by atoms with Crippen LogP contribution in [0.25, 0.3) is 0 Å². The lowest BCUT2D eigenvalue weighted by molar-refractivity contribution is 0.304. The second-order valence-electron chi connectivity index (χ2n) is 5.39. The first kappa shape index (κ1) is 14.3. The van der Waals surface area contributed by atoms with Crippen LogP contribution in [0.4, 0.5) is 10.1 Å². The first-order valence-electron chi connectivity index (χ1n) is 6.97. The second kappa shape index (κ2) is 5.29. The Morgan fingerprint density at radius 1 is 1.19 bits per heavy atom. The van der Waals surface area contributed by atoms with Crippen LogP contribution in [0.15, 0.2) is 32.7 Å². The van der Waals surface area contributed by atoms with Gasteiger partial charge in [0, 0.05) is 0 Å². The molecule has 112 valence electrons. The van der Waals surface area contributed by atoms with Crippen LogP contribution >= 0.6 is 15.9 Å². The van der Waals surface area contributed by atoms with Crippen LogP contribution in [0.3, 0.4) is 0 Å². The molecule has 0 atom stereocenters. The Morgan fingerprint density at radius 2 is 1.90 bits per heavy atom. The van der Waals surface area contributed by atoms with Crippen LogP contribution in [0, 0.1) is 5.82 Å². The zero-order valence-corrected chi connectivity index (χ0v) is 13.1. The summed E-state index contributed by atoms with van der Waals surface area (Å²) in [4.78, 5) is 10.2. The maximum atomic E-state index is 14.5. The van der Waals surface area contributed by atoms with E-state index in [0.717, 1.165) is 32.1 Å². The summed E-state index contributed by atoms with van der Waals surface area (Å²) in [6.07, 6.45) is 4.74. The average Bonchev–Trinajstić information content (AvgIpc) is 2.43. The maximum absolute atomic E-state index is 14.5. The summed E-state index contributed by atoms with van der Waals surface area (Å²) < 4.78 is 14.9. The van der Waals surface area contributed by atoms with Gasteiger partial charge in [-0.3, -0.25) is 4.90 Å². The summed E-state index contributed by atoms with van der Waals surface area (Å²) in [6, 6.07) is 5.12. The van der Waals surface area contributed by atoms with E-state index in [1.807, 2.05) is 0 Å². The van der Waals surface area contributed by atoms with Crippen molar-refractivity contribution < 1.29 is 4.39 Å². The first-order chi connectivity index (χ1) is 10.0. The van der Waals surface area contributed by atoms with E-state index in [0.29, 0.717) is 10.2 Å². The van der Waals surface area contributed by atoms with Crippen molar-refractivity contribution in [3.05, 3.63) is 28.5 Å². The lowest BCUT2D eigenvalue weighted by atomic mass is 9.87. The number of anilines is 1. The molecule has 4 N–H and O–H groups in total. The molecule has 21 heavy (non-hydrogen) atoms. The van der Waals surface area contributed by atoms with Crippen LogP contribution in [-0.4, -0.2) is 17.6 Å². The zero-order chi connectivity index (χ0) is 15.0. The van der Waals surface area contributed by atoms with Crippen molar-refractivity contribution in [2.75, 3.05) is 4.90 Å². The van der Waals surface area contributed by atoms with Crippen molar-refractivity contribution in [1.29, 1.82) is 0 Å². The van der Waals surface area contributed by atoms with Gasteiger partial charge in [0.1, 0.15) is 5.66 Å². The minimum Gasteiger partial charge on any atom is -0.369 e. The first-order valence-corrected chi connectivity index (χ1v) is 7.76. The van der Waals surface area contributed by atoms with E-state index >= 15 is 0 Å². The van der Waals surface area contributed by atoms with Gasteiger partial charge in [-0.25, -0.2) is 9.38 Å². The molecule has 0 saturated heterocycles. The number of hydrogen-bond acceptors (Lipinski definition) is 5. The minimum absolute atomic E-state index is 0.168. The molecule has 0 aromatic heterocycles. The molecule has 1 fully saturated rings. The van der Waals surface area contributed by atoms with Gasteiger partial charge in [0.2, 0.25) is 11.9 Å². The number of hydrogen-bond donors (Lipinski definition) is 2. The molecule has 3 rings (SSSR count). The molecule has 1 heterocycles. The van der Waals surface area contributed by atoms with Gasteiger partial charge in [-0.1, -0.05) is 12.5 Å². The summed E-state index contributed by atoms with van der Waals surface area (Å²) in [5, 5.41) is 0. The molecule has 1 spiro atoms. The zero-order valence-electron chi connectivity index (χ0n) is 11.5. The minimum atomic E-state index is -0.615. The lowest BCUT2D eigenvalue weighted by Gasteiger charge is -2.45. The summed E-state index contributed by atoms with van der Waals surface area (Å²) >= 11 is 3.21. The van der Waals surface area contributed by atoms with Crippen LogP contribution in [0.2, 0.25) is 0 Å². The number of benzene rings is 1. The van der Waals surface area contributed by atoms with E-state index in [9.17, 15) is 4.39 Å². The Balaban J connectivity index is 2.13. The van der Waals surface area contributed by atoms with E-state index in [-0.39, 0.29) is 17.7 Å². The van der Waals surface area contributed by atoms with Crippen molar-refractivity contribution in [3.8, 4) is 0 Å². The number of nitrogens with two attached hydrogens (primary N) is 2. The SMILES string of the molecule is NC1=NC2(CCCCC2)N(c2cccc(Br)c2F)C(N)=N1. The lowest BCUT2D eigenvalue weighted by Crippen LogP contribution is -2.58. The highest BCUT2D eigenvalue weighted by atomic mass is 79.9. The van der Waals surface area contributed by atoms with Crippen LogP contribution in [0.1, 0.15) is 32.1 Å². The molecule has 0 amide bonds. The fraction of sp³-hybridized carbons (Fsp3) is 0.429. The summed E-state index contributed by atoms with van der Waals surface area (Å²) in [7, 11) is 0. The Hall–Kier alpha value is -1.63. The van der Waals surface area contributed by atoms with Gasteiger partial charge in [0.05, 0.1) is 10.2 Å². The monoisotopic (exact) mass is 353 g/mol. The van der Waals surface area contributed by atoms with Gasteiger partial charge in [0.15, 0.2) is 5.82 Å². The van der Waals surface area contributed by atoms with Crippen LogP contribution in [0.5, 0.6) is 0 Å². The molecule has 1 aliphatic heterocycles. The highest BCUT2D eigenvalue weighted by Gasteiger charge is 2.43. The van der Waals surface area contributed by atoms with Crippen molar-refractivity contribution in [1.82, 2.24) is 0 Å². The van der Waals surface area contributed by atoms with Crippen molar-refractivity contribution in [3.63, 3.8) is 0 Å². The van der Waals surface area contributed by atoms with Crippen LogP contribution in [-0.2, 0) is 0 Å². The third-order valence-electron chi connectivity index (χ3n) is 4.02. The summed E-state index contributed by atoms with van der Waals surface area (Å²) in [6.45, 7) is 0. The molecule has 2 aliphatic rings. The molecule has 1 aromatic rings. The smallest absolute Gasteiger partial charge is 0.220 e. The van der Waals surface area contributed by atoms with Gasteiger partial charge in [-0.05, 0) is 53.7 Å². The number of aliphatic imine (C=N–C) groups is 2. The van der Waals surface area contributed by atoms with Crippen LogP contribution < -0.4 is 16.4 Å². The summed E-state index contributed by atoms with van der Waals surface area (Å²) in [5.41, 5.74) is 11.6. The molecule has 1 saturated carbocycles. The fourth-order valence-corrected chi connectivity index (χ4v) is 3.49. The highest BCUT2D eigenvalue weighted by Crippen LogP contribution is 2.41. The van der Waals surface area contributed by atoms with E-state index in [4.69, 9.17) is 11.5 Å². The van der Waals surface area contributed by atoms with E-state index < -0.39 is 5.66 Å². The van der Waals surface area contributed by atoms with E-state index in [2.05, 4.69) is 25.9 Å². The Morgan fingerprint density at radius 3 is 2.62 bits per heavy atom. The number of nitrogens with zero attached hydrogens (tertiary/aromatic N) is 3. The van der Waals surface area contributed by atoms with Gasteiger partial charge in [-0.15, -0.1) is 0 Å². The van der Waals surface area contributed by atoms with E-state index in [1.54, 1.807) is 23.1 Å². The Kier molecular flexibility index (Phi) is 3.61. The van der Waals surface area contributed by atoms with Gasteiger partial charge >= 0.3 is 0 Å². The molecule has 1 aromatic carbocycles. The number of rotatable bonds is 1. The van der Waals surface area contributed by atoms with E-state index in [1.165, 1.54) is 0 Å². The normalized spacial score (nSPS) is 21.1. The maximum Gasteiger partial charge on any atom is 0.220 e. The highest BCUT2D eigenvalue weighted by molar-refractivity contribution is 9.10. The van der Waals surface area contributed by atoms with Crippen molar-refractivity contribution in [2.24, 2.45) is 21.5 Å². The second-order valence-corrected chi connectivity index (χ2v) is 6.25. The quantitative estimate of drug-likeness (QED) is 0.814. The van der Waals surface area contributed by atoms with Crippen molar-refractivity contribution in [2.45, 2.75) is 37.8 Å². The molecule has 7 heteroatoms. The van der Waals surface area contributed by atoms with Crippen molar-refractivity contribution >= 4 is 33.5 Å². The van der Waals surface area contributed by atoms with Gasteiger partial charge in [0.25, 0.3) is 0 Å². The Bertz CT molecular complexity index is 622. The predicted molar refractivity (Wildman–Crippen MR) is 85.6 cm³/mol. The molecular formula is C14H17BrFN5. The number of halogens is 2. The predicted octanol–water partition coefficient (Wildman–Crippen LogP) is 2.70. The molecule has 0 bridgehead atoms. The Labute approximate surface area is 131 Å².